The fraction of sp³-hybridized carbons (Fsp3) is 0.778. The second kappa shape index (κ2) is 7.73. The lowest BCUT2D eigenvalue weighted by Gasteiger charge is -2.09. The van der Waals surface area contributed by atoms with Gasteiger partial charge in [-0.05, 0) is 20.5 Å². The Balaban J connectivity index is 3.25. The van der Waals surface area contributed by atoms with E-state index in [1.54, 1.807) is 0 Å². The van der Waals surface area contributed by atoms with Crippen LogP contribution in [0.1, 0.15) is 19.3 Å². The SMILES string of the molecule is CN(C)CCNC(=O)CCCC=O. The molecule has 0 aliphatic carbocycles. The van der Waals surface area contributed by atoms with E-state index >= 15 is 0 Å². The average Bonchev–Trinajstić information content (AvgIpc) is 2.04. The fourth-order valence-corrected chi connectivity index (χ4v) is 0.853. The smallest absolute Gasteiger partial charge is 0.220 e. The number of carbonyl (C=O) groups excluding carboxylic acids is 2. The predicted octanol–water partition coefficient (Wildman–Crippen LogP) is 0.0334. The summed E-state index contributed by atoms with van der Waals surface area (Å²) in [6.45, 7) is 1.52. The third kappa shape index (κ3) is 9.01. The number of unbranched alkanes of at least 4 members (excludes halogenated alkanes) is 1. The van der Waals surface area contributed by atoms with Crippen molar-refractivity contribution in [2.45, 2.75) is 19.3 Å². The Hall–Kier alpha value is -0.900. The van der Waals surface area contributed by atoms with Crippen molar-refractivity contribution in [3.8, 4) is 0 Å². The Bertz CT molecular complexity index is 158. The number of hydrogen-bond acceptors (Lipinski definition) is 3. The summed E-state index contributed by atoms with van der Waals surface area (Å²) in [4.78, 5) is 23.0. The zero-order chi connectivity index (χ0) is 10.1. The number of nitrogens with zero attached hydrogens (tertiary/aromatic N) is 1. The highest BCUT2D eigenvalue weighted by atomic mass is 16.1. The molecule has 0 fully saturated rings. The summed E-state index contributed by atoms with van der Waals surface area (Å²) in [5, 5.41) is 2.78. The van der Waals surface area contributed by atoms with E-state index in [0.29, 0.717) is 25.8 Å². The van der Waals surface area contributed by atoms with Crippen molar-refractivity contribution in [1.82, 2.24) is 10.2 Å². The molecule has 0 bridgehead atoms. The maximum Gasteiger partial charge on any atom is 0.220 e. The van der Waals surface area contributed by atoms with Gasteiger partial charge in [-0.25, -0.2) is 0 Å². The van der Waals surface area contributed by atoms with E-state index in [9.17, 15) is 9.59 Å². The van der Waals surface area contributed by atoms with Crippen LogP contribution >= 0.6 is 0 Å². The van der Waals surface area contributed by atoms with Crippen LogP contribution in [-0.2, 0) is 9.59 Å². The molecule has 1 N–H and O–H groups in total. The third-order valence-corrected chi connectivity index (χ3v) is 1.61. The summed E-state index contributed by atoms with van der Waals surface area (Å²) in [7, 11) is 3.91. The zero-order valence-corrected chi connectivity index (χ0v) is 8.38. The van der Waals surface area contributed by atoms with Crippen LogP contribution in [0, 0.1) is 0 Å². The summed E-state index contributed by atoms with van der Waals surface area (Å²) in [6, 6.07) is 0. The molecule has 0 aliphatic rings. The molecule has 0 spiro atoms. The summed E-state index contributed by atoms with van der Waals surface area (Å²) in [5.41, 5.74) is 0. The number of likely N-dealkylation sites (N-methyl/N-ethyl adjacent to an activating group) is 1. The Morgan fingerprint density at radius 3 is 2.69 bits per heavy atom. The van der Waals surface area contributed by atoms with Crippen molar-refractivity contribution in [2.75, 3.05) is 27.2 Å². The Morgan fingerprint density at radius 1 is 1.46 bits per heavy atom. The highest BCUT2D eigenvalue weighted by molar-refractivity contribution is 5.76. The summed E-state index contributed by atoms with van der Waals surface area (Å²) in [6.07, 6.45) is 2.41. The van der Waals surface area contributed by atoms with E-state index < -0.39 is 0 Å². The molecular formula is C9H18N2O2. The Labute approximate surface area is 79.3 Å². The molecule has 0 heterocycles. The minimum absolute atomic E-state index is 0.0312. The van der Waals surface area contributed by atoms with Crippen LogP contribution in [-0.4, -0.2) is 44.3 Å². The second-order valence-electron chi connectivity index (χ2n) is 3.21. The first-order valence-electron chi connectivity index (χ1n) is 4.52. The van der Waals surface area contributed by atoms with Crippen molar-refractivity contribution in [3.63, 3.8) is 0 Å². The van der Waals surface area contributed by atoms with Gasteiger partial charge in [0, 0.05) is 25.9 Å². The average molecular weight is 186 g/mol. The van der Waals surface area contributed by atoms with Crippen LogP contribution < -0.4 is 5.32 Å². The van der Waals surface area contributed by atoms with E-state index in [0.717, 1.165) is 12.8 Å². The third-order valence-electron chi connectivity index (χ3n) is 1.61. The van der Waals surface area contributed by atoms with Gasteiger partial charge in [0.1, 0.15) is 6.29 Å². The number of nitrogens with one attached hydrogen (secondary N) is 1. The molecule has 4 heteroatoms. The van der Waals surface area contributed by atoms with E-state index in [1.165, 1.54) is 0 Å². The molecule has 76 valence electrons. The number of carbonyl (C=O) groups is 2. The van der Waals surface area contributed by atoms with E-state index in [2.05, 4.69) is 5.32 Å². The summed E-state index contributed by atoms with van der Waals surface area (Å²) >= 11 is 0. The first-order valence-corrected chi connectivity index (χ1v) is 4.52. The molecule has 0 radical (unpaired) electrons. The van der Waals surface area contributed by atoms with Crippen molar-refractivity contribution in [2.24, 2.45) is 0 Å². The molecule has 0 aromatic heterocycles. The lowest BCUT2D eigenvalue weighted by molar-refractivity contribution is -0.121. The van der Waals surface area contributed by atoms with Crippen LogP contribution in [0.2, 0.25) is 0 Å². The summed E-state index contributed by atoms with van der Waals surface area (Å²) < 4.78 is 0. The molecule has 0 unspecified atom stereocenters. The number of aldehydes is 1. The van der Waals surface area contributed by atoms with Crippen LogP contribution in [0.5, 0.6) is 0 Å². The van der Waals surface area contributed by atoms with Gasteiger partial charge < -0.3 is 15.0 Å². The van der Waals surface area contributed by atoms with E-state index in [-0.39, 0.29) is 5.91 Å². The first kappa shape index (κ1) is 12.1. The molecule has 0 saturated carbocycles. The van der Waals surface area contributed by atoms with Crippen molar-refractivity contribution in [1.29, 1.82) is 0 Å². The molecule has 0 aliphatic heterocycles. The first-order chi connectivity index (χ1) is 6.16. The van der Waals surface area contributed by atoms with Crippen molar-refractivity contribution in [3.05, 3.63) is 0 Å². The van der Waals surface area contributed by atoms with Gasteiger partial charge in [0.15, 0.2) is 0 Å². The van der Waals surface area contributed by atoms with Crippen molar-refractivity contribution < 1.29 is 9.59 Å². The largest absolute Gasteiger partial charge is 0.355 e. The normalized spacial score (nSPS) is 10.1. The molecule has 0 aromatic rings. The molecule has 0 atom stereocenters. The Kier molecular flexibility index (Phi) is 7.20. The van der Waals surface area contributed by atoms with Gasteiger partial charge in [-0.2, -0.15) is 0 Å². The lowest BCUT2D eigenvalue weighted by atomic mass is 10.2. The molecule has 1 amide bonds. The maximum absolute atomic E-state index is 11.1. The second-order valence-corrected chi connectivity index (χ2v) is 3.21. The number of hydrogen-bond donors (Lipinski definition) is 1. The van der Waals surface area contributed by atoms with Gasteiger partial charge >= 0.3 is 0 Å². The lowest BCUT2D eigenvalue weighted by Crippen LogP contribution is -2.31. The van der Waals surface area contributed by atoms with Gasteiger partial charge in [0.2, 0.25) is 5.91 Å². The van der Waals surface area contributed by atoms with E-state index in [1.807, 2.05) is 19.0 Å². The van der Waals surface area contributed by atoms with Gasteiger partial charge in [-0.3, -0.25) is 4.79 Å². The maximum atomic E-state index is 11.1. The molecule has 0 aromatic carbocycles. The highest BCUT2D eigenvalue weighted by Crippen LogP contribution is 1.91. The molecule has 4 nitrogen and oxygen atoms in total. The number of rotatable bonds is 7. The fourth-order valence-electron chi connectivity index (χ4n) is 0.853. The monoisotopic (exact) mass is 186 g/mol. The highest BCUT2D eigenvalue weighted by Gasteiger charge is 1.99. The topological polar surface area (TPSA) is 49.4 Å². The molecule has 13 heavy (non-hydrogen) atoms. The van der Waals surface area contributed by atoms with Gasteiger partial charge in [-0.1, -0.05) is 0 Å². The quantitative estimate of drug-likeness (QED) is 0.451. The minimum atomic E-state index is 0.0312. The molecule has 0 rings (SSSR count). The van der Waals surface area contributed by atoms with Crippen LogP contribution in [0.15, 0.2) is 0 Å². The minimum Gasteiger partial charge on any atom is -0.355 e. The van der Waals surface area contributed by atoms with Gasteiger partial charge in [0.25, 0.3) is 0 Å². The Morgan fingerprint density at radius 2 is 2.15 bits per heavy atom. The van der Waals surface area contributed by atoms with Gasteiger partial charge in [0.05, 0.1) is 0 Å². The number of amides is 1. The van der Waals surface area contributed by atoms with Gasteiger partial charge in [-0.15, -0.1) is 0 Å². The molecule has 0 saturated heterocycles. The molecular weight excluding hydrogens is 168 g/mol. The zero-order valence-electron chi connectivity index (χ0n) is 8.38. The van der Waals surface area contributed by atoms with E-state index in [4.69, 9.17) is 0 Å². The predicted molar refractivity (Wildman–Crippen MR) is 51.5 cm³/mol. The van der Waals surface area contributed by atoms with Crippen LogP contribution in [0.3, 0.4) is 0 Å². The van der Waals surface area contributed by atoms with Crippen LogP contribution in [0.25, 0.3) is 0 Å². The van der Waals surface area contributed by atoms with Crippen molar-refractivity contribution >= 4 is 12.2 Å². The summed E-state index contributed by atoms with van der Waals surface area (Å²) in [5.74, 6) is 0.0312. The van der Waals surface area contributed by atoms with Crippen LogP contribution in [0.4, 0.5) is 0 Å². The standard InChI is InChI=1S/C9H18N2O2/c1-11(2)7-6-10-9(13)5-3-4-8-12/h8H,3-7H2,1-2H3,(H,10,13).